The number of aliphatic hydroxyl groups excluding tert-OH is 1. The van der Waals surface area contributed by atoms with E-state index >= 15 is 0 Å². The van der Waals surface area contributed by atoms with Crippen LogP contribution in [0.2, 0.25) is 0 Å². The molecule has 0 saturated heterocycles. The number of benzene rings is 2. The van der Waals surface area contributed by atoms with Gasteiger partial charge in [0.05, 0.1) is 18.2 Å². The van der Waals surface area contributed by atoms with Gasteiger partial charge in [-0.25, -0.2) is 4.79 Å². The molecule has 3 aromatic rings. The molecule has 0 saturated carbocycles. The Morgan fingerprint density at radius 2 is 1.78 bits per heavy atom. The number of aliphatic hydroxyl groups is 1. The fraction of sp³-hybridized carbons (Fsp3) is 0.172. The number of β-amino-alcohol motifs (C(OH)–C–C–N with tert-alkyl or cyclic N) is 1. The maximum atomic E-state index is 13.0. The minimum absolute atomic E-state index is 0.134. The van der Waals surface area contributed by atoms with Gasteiger partial charge in [-0.15, -0.1) is 0 Å². The van der Waals surface area contributed by atoms with E-state index in [0.717, 1.165) is 10.5 Å². The molecule has 0 bridgehead atoms. The number of hydrogen-bond donors (Lipinski definition) is 1. The third kappa shape index (κ3) is 5.58. The predicted molar refractivity (Wildman–Crippen MR) is 134 cm³/mol. The Bertz CT molecular complexity index is 1440. The number of nitriles is 1. The SMILES string of the molecule is CC1=C(C#N)C(=O)N(CC(C)O)C(=O)/C1=C\c1ccc(-c2ccc(C(=O)OCc3ccccc3)cc2)o1. The third-order valence-electron chi connectivity index (χ3n) is 5.80. The number of ether oxygens (including phenoxy) is 1. The summed E-state index contributed by atoms with van der Waals surface area (Å²) < 4.78 is 11.2. The van der Waals surface area contributed by atoms with Gasteiger partial charge in [-0.05, 0) is 55.3 Å². The summed E-state index contributed by atoms with van der Waals surface area (Å²) in [6.45, 7) is 2.93. The lowest BCUT2D eigenvalue weighted by molar-refractivity contribution is -0.141. The second-order valence-corrected chi connectivity index (χ2v) is 8.58. The van der Waals surface area contributed by atoms with Crippen molar-refractivity contribution >= 4 is 23.9 Å². The third-order valence-corrected chi connectivity index (χ3v) is 5.80. The van der Waals surface area contributed by atoms with Crippen molar-refractivity contribution in [3.05, 3.63) is 100 Å². The Hall–Kier alpha value is -4.74. The highest BCUT2D eigenvalue weighted by Gasteiger charge is 2.36. The van der Waals surface area contributed by atoms with Crippen molar-refractivity contribution in [2.24, 2.45) is 0 Å². The molecule has 8 nitrogen and oxygen atoms in total. The van der Waals surface area contributed by atoms with Gasteiger partial charge in [0.2, 0.25) is 0 Å². The minimum atomic E-state index is -0.943. The van der Waals surface area contributed by atoms with Crippen LogP contribution in [0.3, 0.4) is 0 Å². The Balaban J connectivity index is 1.52. The van der Waals surface area contributed by atoms with Crippen LogP contribution in [0.5, 0.6) is 0 Å². The topological polar surface area (TPSA) is 121 Å². The molecule has 186 valence electrons. The van der Waals surface area contributed by atoms with Gasteiger partial charge in [0.25, 0.3) is 11.8 Å². The van der Waals surface area contributed by atoms with Crippen LogP contribution in [0.1, 0.15) is 35.5 Å². The molecule has 8 heteroatoms. The van der Waals surface area contributed by atoms with Crippen molar-refractivity contribution in [1.29, 1.82) is 5.26 Å². The van der Waals surface area contributed by atoms with Gasteiger partial charge in [0.1, 0.15) is 29.8 Å². The van der Waals surface area contributed by atoms with E-state index in [1.807, 2.05) is 36.4 Å². The van der Waals surface area contributed by atoms with E-state index in [1.165, 1.54) is 19.9 Å². The summed E-state index contributed by atoms with van der Waals surface area (Å²) in [5.41, 5.74) is 2.22. The Morgan fingerprint density at radius 1 is 1.08 bits per heavy atom. The fourth-order valence-corrected chi connectivity index (χ4v) is 3.86. The maximum Gasteiger partial charge on any atom is 0.338 e. The van der Waals surface area contributed by atoms with Crippen LogP contribution in [0.4, 0.5) is 0 Å². The summed E-state index contributed by atoms with van der Waals surface area (Å²) in [4.78, 5) is 38.7. The molecule has 2 aromatic carbocycles. The van der Waals surface area contributed by atoms with E-state index < -0.39 is 23.9 Å². The highest BCUT2D eigenvalue weighted by molar-refractivity contribution is 6.19. The number of imide groups is 1. The molecule has 1 aromatic heterocycles. The first kappa shape index (κ1) is 25.4. The molecule has 0 fully saturated rings. The van der Waals surface area contributed by atoms with Crippen molar-refractivity contribution in [2.75, 3.05) is 6.54 Å². The molecule has 1 N–H and O–H groups in total. The van der Waals surface area contributed by atoms with Crippen LogP contribution in [0.15, 0.2) is 87.9 Å². The highest BCUT2D eigenvalue weighted by Crippen LogP contribution is 2.29. The molecule has 2 heterocycles. The predicted octanol–water partition coefficient (Wildman–Crippen LogP) is 4.28. The summed E-state index contributed by atoms with van der Waals surface area (Å²) in [5, 5.41) is 19.1. The molecule has 1 atom stereocenters. The van der Waals surface area contributed by atoms with Crippen molar-refractivity contribution in [3.8, 4) is 17.4 Å². The summed E-state index contributed by atoms with van der Waals surface area (Å²) >= 11 is 0. The van der Waals surface area contributed by atoms with Crippen molar-refractivity contribution in [3.63, 3.8) is 0 Å². The Morgan fingerprint density at radius 3 is 2.43 bits per heavy atom. The molecular weight excluding hydrogens is 472 g/mol. The molecule has 0 radical (unpaired) electrons. The number of amides is 2. The quantitative estimate of drug-likeness (QED) is 0.294. The van der Waals surface area contributed by atoms with Gasteiger partial charge >= 0.3 is 5.97 Å². The fourth-order valence-electron chi connectivity index (χ4n) is 3.86. The summed E-state index contributed by atoms with van der Waals surface area (Å²) in [5.74, 6) is -0.946. The molecule has 0 spiro atoms. The summed E-state index contributed by atoms with van der Waals surface area (Å²) in [6.07, 6.45) is 0.524. The number of hydrogen-bond acceptors (Lipinski definition) is 7. The molecule has 4 rings (SSSR count). The van der Waals surface area contributed by atoms with Crippen LogP contribution < -0.4 is 0 Å². The second kappa shape index (κ2) is 10.9. The lowest BCUT2D eigenvalue weighted by Gasteiger charge is -2.28. The number of nitrogens with zero attached hydrogens (tertiary/aromatic N) is 2. The van der Waals surface area contributed by atoms with E-state index in [0.29, 0.717) is 22.6 Å². The van der Waals surface area contributed by atoms with Crippen molar-refractivity contribution in [1.82, 2.24) is 4.90 Å². The molecule has 1 aliphatic rings. The molecule has 2 amide bonds. The largest absolute Gasteiger partial charge is 0.457 e. The van der Waals surface area contributed by atoms with Gasteiger partial charge < -0.3 is 14.3 Å². The van der Waals surface area contributed by atoms with E-state index in [1.54, 1.807) is 36.4 Å². The Kier molecular flexibility index (Phi) is 7.47. The number of rotatable bonds is 7. The van der Waals surface area contributed by atoms with Crippen LogP contribution in [-0.2, 0) is 20.9 Å². The van der Waals surface area contributed by atoms with E-state index in [9.17, 15) is 24.8 Å². The van der Waals surface area contributed by atoms with Gasteiger partial charge in [0, 0.05) is 11.1 Å². The summed E-state index contributed by atoms with van der Waals surface area (Å²) in [7, 11) is 0. The van der Waals surface area contributed by atoms with E-state index in [4.69, 9.17) is 9.15 Å². The molecule has 1 unspecified atom stereocenters. The maximum absolute atomic E-state index is 13.0. The highest BCUT2D eigenvalue weighted by atomic mass is 16.5. The zero-order chi connectivity index (χ0) is 26.5. The lowest BCUT2D eigenvalue weighted by Crippen LogP contribution is -2.45. The zero-order valence-corrected chi connectivity index (χ0v) is 20.3. The average Bonchev–Trinajstić information content (AvgIpc) is 3.37. The van der Waals surface area contributed by atoms with Gasteiger partial charge in [-0.3, -0.25) is 14.5 Å². The molecule has 37 heavy (non-hydrogen) atoms. The first-order valence-corrected chi connectivity index (χ1v) is 11.6. The van der Waals surface area contributed by atoms with E-state index in [-0.39, 0.29) is 29.9 Å². The monoisotopic (exact) mass is 496 g/mol. The summed E-state index contributed by atoms with van der Waals surface area (Å²) in [6, 6.07) is 21.3. The lowest BCUT2D eigenvalue weighted by atomic mass is 9.94. The normalized spacial score (nSPS) is 15.6. The van der Waals surface area contributed by atoms with Crippen LogP contribution in [0, 0.1) is 11.3 Å². The molecular formula is C29H24N2O6. The van der Waals surface area contributed by atoms with Crippen LogP contribution in [-0.4, -0.2) is 40.4 Å². The number of carbonyl (C=O) groups excluding carboxylic acids is 3. The van der Waals surface area contributed by atoms with Crippen molar-refractivity contribution in [2.45, 2.75) is 26.6 Å². The first-order chi connectivity index (χ1) is 17.8. The van der Waals surface area contributed by atoms with Gasteiger partial charge in [-0.2, -0.15) is 5.26 Å². The van der Waals surface area contributed by atoms with Crippen molar-refractivity contribution < 1.29 is 28.6 Å². The average molecular weight is 497 g/mol. The standard InChI is InChI=1S/C29H24N2O6/c1-18(32)16-31-27(33)24(19(2)25(15-30)28(31)34)14-23-12-13-26(37-23)21-8-10-22(11-9-21)29(35)36-17-20-6-4-3-5-7-20/h3-14,18,32H,16-17H2,1-2H3/b24-14-. The first-order valence-electron chi connectivity index (χ1n) is 11.6. The minimum Gasteiger partial charge on any atom is -0.457 e. The molecule has 0 aliphatic carbocycles. The number of furan rings is 1. The van der Waals surface area contributed by atoms with E-state index in [2.05, 4.69) is 0 Å². The van der Waals surface area contributed by atoms with Gasteiger partial charge in [-0.1, -0.05) is 42.5 Å². The number of carbonyl (C=O) groups is 3. The van der Waals surface area contributed by atoms with Gasteiger partial charge in [0.15, 0.2) is 0 Å². The van der Waals surface area contributed by atoms with Crippen LogP contribution >= 0.6 is 0 Å². The Labute approximate surface area is 213 Å². The smallest absolute Gasteiger partial charge is 0.338 e. The molecule has 1 aliphatic heterocycles. The second-order valence-electron chi connectivity index (χ2n) is 8.58. The zero-order valence-electron chi connectivity index (χ0n) is 20.3. The number of esters is 1. The van der Waals surface area contributed by atoms with Crippen LogP contribution in [0.25, 0.3) is 17.4 Å².